The van der Waals surface area contributed by atoms with Gasteiger partial charge in [-0.25, -0.2) is 0 Å². The highest BCUT2D eigenvalue weighted by Crippen LogP contribution is 2.76. The van der Waals surface area contributed by atoms with Crippen LogP contribution in [0.2, 0.25) is 0 Å². The standard InChI is InChI=1S/C26H34O9/c1-24-8-15(28)21-13(3-5-32-21)14(24)2-4-25-7-12-6-16(22(24)25)35-26(12,10-25)11-33-23-20(31)19(30)18(29)17(9-27)34-23/h3,5,12,14,16-20,22-23,27,29-31H,2,4,6-11H2,1H3. The van der Waals surface area contributed by atoms with E-state index in [2.05, 4.69) is 6.92 Å². The zero-order chi connectivity index (χ0) is 24.3. The van der Waals surface area contributed by atoms with Crippen LogP contribution in [0.1, 0.15) is 67.5 Å². The van der Waals surface area contributed by atoms with E-state index in [9.17, 15) is 25.2 Å². The lowest BCUT2D eigenvalue weighted by Gasteiger charge is -2.62. The van der Waals surface area contributed by atoms with Crippen molar-refractivity contribution in [1.82, 2.24) is 0 Å². The molecular weight excluding hydrogens is 456 g/mol. The zero-order valence-corrected chi connectivity index (χ0v) is 19.8. The Morgan fingerprint density at radius 2 is 2.03 bits per heavy atom. The van der Waals surface area contributed by atoms with Gasteiger partial charge in [-0.3, -0.25) is 4.79 Å². The lowest BCUT2D eigenvalue weighted by molar-refractivity contribution is -0.314. The lowest BCUT2D eigenvalue weighted by atomic mass is 9.44. The molecule has 9 heteroatoms. The number of hydrogen-bond acceptors (Lipinski definition) is 9. The average molecular weight is 491 g/mol. The fourth-order valence-electron chi connectivity index (χ4n) is 9.46. The molecule has 9 nitrogen and oxygen atoms in total. The number of rotatable bonds is 4. The van der Waals surface area contributed by atoms with Gasteiger partial charge in [0.05, 0.1) is 31.2 Å². The van der Waals surface area contributed by atoms with Gasteiger partial charge in [0.15, 0.2) is 17.8 Å². The third-order valence-electron chi connectivity index (χ3n) is 10.6. The highest BCUT2D eigenvalue weighted by atomic mass is 16.7. The molecule has 1 aromatic heterocycles. The molecule has 7 aliphatic rings. The highest BCUT2D eigenvalue weighted by molar-refractivity contribution is 5.97. The Balaban J connectivity index is 1.13. The molecule has 4 bridgehead atoms. The summed E-state index contributed by atoms with van der Waals surface area (Å²) in [6, 6.07) is 1.98. The molecule has 4 heterocycles. The largest absolute Gasteiger partial charge is 0.461 e. The average Bonchev–Trinajstić information content (AvgIpc) is 3.46. The minimum absolute atomic E-state index is 0.0509. The summed E-state index contributed by atoms with van der Waals surface area (Å²) in [7, 11) is 0. The molecule has 0 aromatic carbocycles. The van der Waals surface area contributed by atoms with Gasteiger partial charge in [0.25, 0.3) is 0 Å². The van der Waals surface area contributed by atoms with Crippen molar-refractivity contribution in [2.45, 2.75) is 93.8 Å². The summed E-state index contributed by atoms with van der Waals surface area (Å²) < 4.78 is 23.9. The second-order valence-electron chi connectivity index (χ2n) is 12.3. The van der Waals surface area contributed by atoms with E-state index < -0.39 is 42.9 Å². The summed E-state index contributed by atoms with van der Waals surface area (Å²) in [5.74, 6) is 1.56. The van der Waals surface area contributed by atoms with Crippen LogP contribution in [0.4, 0.5) is 0 Å². The van der Waals surface area contributed by atoms with E-state index >= 15 is 0 Å². The molecular formula is C26H34O9. The normalized spacial score (nSPS) is 54.0. The number of fused-ring (bicyclic) bond motifs is 3. The van der Waals surface area contributed by atoms with Crippen LogP contribution < -0.4 is 0 Å². The Labute approximate surface area is 203 Å². The summed E-state index contributed by atoms with van der Waals surface area (Å²) >= 11 is 0. The Bertz CT molecular complexity index is 1040. The van der Waals surface area contributed by atoms with Gasteiger partial charge in [0.1, 0.15) is 24.4 Å². The van der Waals surface area contributed by atoms with Crippen LogP contribution in [0.25, 0.3) is 0 Å². The van der Waals surface area contributed by atoms with Crippen LogP contribution in [0.15, 0.2) is 16.7 Å². The number of ketones is 1. The van der Waals surface area contributed by atoms with Crippen molar-refractivity contribution in [2.24, 2.45) is 22.7 Å². The Morgan fingerprint density at radius 3 is 2.83 bits per heavy atom. The molecule has 4 aliphatic carbocycles. The fraction of sp³-hybridized carbons (Fsp3) is 0.808. The quantitative estimate of drug-likeness (QED) is 0.489. The van der Waals surface area contributed by atoms with Gasteiger partial charge in [-0.15, -0.1) is 0 Å². The van der Waals surface area contributed by atoms with Crippen molar-refractivity contribution in [3.63, 3.8) is 0 Å². The van der Waals surface area contributed by atoms with E-state index in [0.29, 0.717) is 29.9 Å². The van der Waals surface area contributed by atoms with Crippen molar-refractivity contribution in [1.29, 1.82) is 0 Å². The second kappa shape index (κ2) is 7.37. The molecule has 12 unspecified atom stereocenters. The summed E-state index contributed by atoms with van der Waals surface area (Å²) in [5.41, 5.74) is 0.506. The van der Waals surface area contributed by atoms with Crippen LogP contribution in [0.3, 0.4) is 0 Å². The Hall–Kier alpha value is -1.33. The van der Waals surface area contributed by atoms with E-state index in [1.807, 2.05) is 6.07 Å². The summed E-state index contributed by atoms with van der Waals surface area (Å²) in [5, 5.41) is 40.1. The predicted octanol–water partition coefficient (Wildman–Crippen LogP) is 1.12. The van der Waals surface area contributed by atoms with Crippen LogP contribution in [0, 0.1) is 22.7 Å². The van der Waals surface area contributed by atoms with E-state index in [0.717, 1.165) is 37.7 Å². The van der Waals surface area contributed by atoms with E-state index in [1.54, 1.807) is 6.26 Å². The molecule has 1 aromatic rings. The SMILES string of the molecule is CC12CC(=O)c3occc3C1CCC13CC4CC(OC4(COC4OC(CO)C(O)C(O)C4O)C1)C32. The fourth-order valence-corrected chi connectivity index (χ4v) is 9.46. The Kier molecular flexibility index (Phi) is 4.81. The van der Waals surface area contributed by atoms with Gasteiger partial charge in [-0.05, 0) is 66.8 Å². The molecule has 3 saturated carbocycles. The summed E-state index contributed by atoms with van der Waals surface area (Å²) in [4.78, 5) is 13.0. The minimum Gasteiger partial charge on any atom is -0.461 e. The van der Waals surface area contributed by atoms with E-state index in [4.69, 9.17) is 18.6 Å². The molecule has 6 fully saturated rings. The number of hydrogen-bond donors (Lipinski definition) is 4. The molecule has 4 N–H and O–H groups in total. The zero-order valence-electron chi connectivity index (χ0n) is 19.8. The maximum atomic E-state index is 13.0. The molecule has 192 valence electrons. The summed E-state index contributed by atoms with van der Waals surface area (Å²) in [6.45, 7) is 2.01. The van der Waals surface area contributed by atoms with Gasteiger partial charge >= 0.3 is 0 Å². The molecule has 35 heavy (non-hydrogen) atoms. The molecule has 1 spiro atoms. The first kappa shape index (κ1) is 22.8. The van der Waals surface area contributed by atoms with E-state index in [-0.39, 0.29) is 29.3 Å². The molecule has 0 amide bonds. The first-order valence-electron chi connectivity index (χ1n) is 12.9. The molecule has 3 aliphatic heterocycles. The van der Waals surface area contributed by atoms with E-state index in [1.165, 1.54) is 0 Å². The van der Waals surface area contributed by atoms with Gasteiger partial charge in [-0.1, -0.05) is 6.92 Å². The number of aliphatic hydroxyl groups excluding tert-OH is 4. The van der Waals surface area contributed by atoms with Gasteiger partial charge < -0.3 is 39.1 Å². The number of furan rings is 1. The minimum atomic E-state index is -1.46. The van der Waals surface area contributed by atoms with Gasteiger partial charge in [0.2, 0.25) is 0 Å². The number of Topliss-reactive ketones (excluding diaryl/α,β-unsaturated/α-hetero) is 1. The number of carbonyl (C=O) groups excluding carboxylic acids is 1. The van der Waals surface area contributed by atoms with Crippen molar-refractivity contribution >= 4 is 5.78 Å². The van der Waals surface area contributed by atoms with Crippen molar-refractivity contribution in [2.75, 3.05) is 13.2 Å². The second-order valence-corrected chi connectivity index (χ2v) is 12.3. The predicted molar refractivity (Wildman–Crippen MR) is 118 cm³/mol. The molecule has 12 atom stereocenters. The maximum absolute atomic E-state index is 13.0. The van der Waals surface area contributed by atoms with Crippen LogP contribution in [-0.4, -0.2) is 81.8 Å². The molecule has 0 radical (unpaired) electrons. The topological polar surface area (TPSA) is 139 Å². The van der Waals surface area contributed by atoms with Crippen LogP contribution in [-0.2, 0) is 14.2 Å². The third kappa shape index (κ3) is 2.86. The number of ether oxygens (including phenoxy) is 3. The molecule has 8 rings (SSSR count). The van der Waals surface area contributed by atoms with Crippen LogP contribution >= 0.6 is 0 Å². The Morgan fingerprint density at radius 1 is 1.20 bits per heavy atom. The van der Waals surface area contributed by atoms with Crippen molar-refractivity contribution in [3.05, 3.63) is 23.7 Å². The third-order valence-corrected chi connectivity index (χ3v) is 10.6. The lowest BCUT2D eigenvalue weighted by Crippen LogP contribution is -2.61. The first-order chi connectivity index (χ1) is 16.7. The smallest absolute Gasteiger partial charge is 0.198 e. The number of carbonyl (C=O) groups is 1. The van der Waals surface area contributed by atoms with Gasteiger partial charge in [0, 0.05) is 12.0 Å². The summed E-state index contributed by atoms with van der Waals surface area (Å²) in [6.07, 6.45) is 0.663. The molecule has 3 saturated heterocycles. The monoisotopic (exact) mass is 490 g/mol. The number of aliphatic hydroxyl groups is 4. The highest BCUT2D eigenvalue weighted by Gasteiger charge is 2.74. The van der Waals surface area contributed by atoms with Crippen molar-refractivity contribution < 1.29 is 43.8 Å². The van der Waals surface area contributed by atoms with Gasteiger partial charge in [-0.2, -0.15) is 0 Å². The first-order valence-corrected chi connectivity index (χ1v) is 12.9. The maximum Gasteiger partial charge on any atom is 0.198 e. The van der Waals surface area contributed by atoms with Crippen molar-refractivity contribution in [3.8, 4) is 0 Å². The van der Waals surface area contributed by atoms with Crippen LogP contribution in [0.5, 0.6) is 0 Å².